The van der Waals surface area contributed by atoms with Crippen LogP contribution in [0.1, 0.15) is 44.2 Å². The van der Waals surface area contributed by atoms with E-state index in [0.717, 1.165) is 53.6 Å². The van der Waals surface area contributed by atoms with Gasteiger partial charge in [0.2, 0.25) is 5.91 Å². The van der Waals surface area contributed by atoms with Gasteiger partial charge in [-0.25, -0.2) is 0 Å². The van der Waals surface area contributed by atoms with Crippen molar-refractivity contribution in [3.63, 3.8) is 0 Å². The van der Waals surface area contributed by atoms with Crippen molar-refractivity contribution in [2.24, 2.45) is 5.73 Å². The fraction of sp³-hybridized carbons (Fsp3) is 0.303. The van der Waals surface area contributed by atoms with Crippen LogP contribution >= 0.6 is 0 Å². The van der Waals surface area contributed by atoms with E-state index < -0.39 is 5.41 Å². The number of nitrogens with two attached hydrogens (primary N) is 1. The summed E-state index contributed by atoms with van der Waals surface area (Å²) in [6.07, 6.45) is 2.41. The van der Waals surface area contributed by atoms with E-state index in [-0.39, 0.29) is 23.3 Å². The molecule has 1 atom stereocenters. The van der Waals surface area contributed by atoms with Gasteiger partial charge < -0.3 is 15.6 Å². The lowest BCUT2D eigenvalue weighted by molar-refractivity contribution is -0.122. The van der Waals surface area contributed by atoms with Crippen molar-refractivity contribution >= 4 is 16.7 Å². The summed E-state index contributed by atoms with van der Waals surface area (Å²) in [5.74, 6) is 0.741. The third-order valence-corrected chi connectivity index (χ3v) is 8.16. The highest BCUT2D eigenvalue weighted by Gasteiger charge is 2.43. The standard InChI is InChI=1S/C33H36N2O3/c1-32(2,18-19-33(31(34)37,26-9-5-3-6-10-26)27-11-7-4-8-12-27)35-20-17-30(23-35)38-29-16-14-24-13-15-28(36)21-25(24)22-29/h3-16,21-22,30,36H,17-20,23H2,1-2H3,(H2,34,37)/t30-/m0/s1. The minimum atomic E-state index is -0.897. The number of fused-ring (bicyclic) bond motifs is 1. The van der Waals surface area contributed by atoms with Gasteiger partial charge in [-0.05, 0) is 79.3 Å². The third kappa shape index (κ3) is 5.11. The molecule has 5 nitrogen and oxygen atoms in total. The minimum Gasteiger partial charge on any atom is -0.508 e. The molecule has 0 spiro atoms. The van der Waals surface area contributed by atoms with Crippen LogP contribution in [0.4, 0.5) is 0 Å². The van der Waals surface area contributed by atoms with E-state index in [9.17, 15) is 9.90 Å². The number of amides is 1. The number of likely N-dealkylation sites (tertiary alicyclic amines) is 1. The minimum absolute atomic E-state index is 0.0770. The fourth-order valence-corrected chi connectivity index (χ4v) is 5.81. The molecule has 196 valence electrons. The van der Waals surface area contributed by atoms with Gasteiger partial charge in [-0.2, -0.15) is 0 Å². The number of benzene rings is 4. The lowest BCUT2D eigenvalue weighted by Gasteiger charge is -2.40. The number of phenolic OH excluding ortho intramolecular Hbond substituents is 1. The zero-order valence-electron chi connectivity index (χ0n) is 22.1. The zero-order chi connectivity index (χ0) is 26.8. The summed E-state index contributed by atoms with van der Waals surface area (Å²) in [4.78, 5) is 15.7. The molecule has 1 aliphatic rings. The highest BCUT2D eigenvalue weighted by molar-refractivity contribution is 5.90. The van der Waals surface area contributed by atoms with Gasteiger partial charge in [0.15, 0.2) is 0 Å². The predicted molar refractivity (Wildman–Crippen MR) is 152 cm³/mol. The Morgan fingerprint density at radius 2 is 1.53 bits per heavy atom. The zero-order valence-corrected chi connectivity index (χ0v) is 22.1. The summed E-state index contributed by atoms with van der Waals surface area (Å²) >= 11 is 0. The van der Waals surface area contributed by atoms with E-state index in [1.165, 1.54) is 0 Å². The van der Waals surface area contributed by atoms with Gasteiger partial charge in [0, 0.05) is 18.6 Å². The lowest BCUT2D eigenvalue weighted by atomic mass is 9.69. The van der Waals surface area contributed by atoms with Crippen molar-refractivity contribution in [3.05, 3.63) is 108 Å². The number of phenols is 1. The highest BCUT2D eigenvalue weighted by Crippen LogP contribution is 2.40. The molecule has 1 amide bonds. The Hall–Kier alpha value is -3.83. The summed E-state index contributed by atoms with van der Waals surface area (Å²) < 4.78 is 6.37. The summed E-state index contributed by atoms with van der Waals surface area (Å²) in [5.41, 5.74) is 7.00. The number of aromatic hydroxyl groups is 1. The predicted octanol–water partition coefficient (Wildman–Crippen LogP) is 6.03. The van der Waals surface area contributed by atoms with E-state index in [2.05, 4.69) is 18.7 Å². The topological polar surface area (TPSA) is 75.8 Å². The van der Waals surface area contributed by atoms with E-state index in [1.54, 1.807) is 12.1 Å². The molecular formula is C33H36N2O3. The van der Waals surface area contributed by atoms with E-state index in [1.807, 2.05) is 84.9 Å². The van der Waals surface area contributed by atoms with Gasteiger partial charge in [-0.1, -0.05) is 72.8 Å². The molecule has 5 heteroatoms. The maximum absolute atomic E-state index is 13.2. The molecule has 1 fully saturated rings. The number of rotatable bonds is 9. The summed E-state index contributed by atoms with van der Waals surface area (Å²) in [7, 11) is 0. The van der Waals surface area contributed by atoms with Crippen LogP contribution in [-0.4, -0.2) is 40.6 Å². The van der Waals surface area contributed by atoms with Gasteiger partial charge in [0.05, 0.1) is 5.41 Å². The first kappa shape index (κ1) is 25.8. The van der Waals surface area contributed by atoms with Crippen LogP contribution in [0.2, 0.25) is 0 Å². The molecule has 0 saturated carbocycles. The van der Waals surface area contributed by atoms with Crippen molar-refractivity contribution in [1.82, 2.24) is 4.90 Å². The van der Waals surface area contributed by atoms with Gasteiger partial charge in [-0.15, -0.1) is 0 Å². The average Bonchev–Trinajstić information content (AvgIpc) is 3.39. The molecule has 0 bridgehead atoms. The van der Waals surface area contributed by atoms with E-state index in [0.29, 0.717) is 6.42 Å². The van der Waals surface area contributed by atoms with Gasteiger partial charge in [-0.3, -0.25) is 9.69 Å². The van der Waals surface area contributed by atoms with Crippen molar-refractivity contribution in [2.45, 2.75) is 50.2 Å². The molecule has 3 N–H and O–H groups in total. The van der Waals surface area contributed by atoms with Crippen LogP contribution in [0.15, 0.2) is 97.1 Å². The number of ether oxygens (including phenoxy) is 1. The number of hydrogen-bond acceptors (Lipinski definition) is 4. The van der Waals surface area contributed by atoms with Crippen molar-refractivity contribution in [2.75, 3.05) is 13.1 Å². The second kappa shape index (κ2) is 10.5. The van der Waals surface area contributed by atoms with E-state index >= 15 is 0 Å². The molecule has 0 radical (unpaired) electrons. The average molecular weight is 509 g/mol. The van der Waals surface area contributed by atoms with Crippen LogP contribution in [-0.2, 0) is 10.2 Å². The molecule has 0 aromatic heterocycles. The number of carbonyl (C=O) groups excluding carboxylic acids is 1. The summed E-state index contributed by atoms with van der Waals surface area (Å²) in [6.45, 7) is 6.23. The van der Waals surface area contributed by atoms with Gasteiger partial charge in [0.25, 0.3) is 0 Å². The molecule has 0 unspecified atom stereocenters. The van der Waals surface area contributed by atoms with Crippen LogP contribution in [0, 0.1) is 0 Å². The Bertz CT molecular complexity index is 1360. The summed E-state index contributed by atoms with van der Waals surface area (Å²) in [5, 5.41) is 11.9. The SMILES string of the molecule is CC(C)(CCC(C(N)=O)(c1ccccc1)c1ccccc1)N1CC[C@H](Oc2ccc3ccc(O)cc3c2)C1. The Kier molecular flexibility index (Phi) is 7.13. The Balaban J connectivity index is 1.32. The smallest absolute Gasteiger partial charge is 0.232 e. The Morgan fingerprint density at radius 3 is 2.16 bits per heavy atom. The maximum Gasteiger partial charge on any atom is 0.232 e. The van der Waals surface area contributed by atoms with Crippen LogP contribution in [0.3, 0.4) is 0 Å². The molecule has 4 aromatic rings. The third-order valence-electron chi connectivity index (χ3n) is 8.16. The number of nitrogens with zero attached hydrogens (tertiary/aromatic N) is 1. The maximum atomic E-state index is 13.2. The molecule has 38 heavy (non-hydrogen) atoms. The first-order valence-corrected chi connectivity index (χ1v) is 13.3. The van der Waals surface area contributed by atoms with Crippen LogP contribution < -0.4 is 10.5 Å². The molecule has 5 rings (SSSR count). The number of carbonyl (C=O) groups is 1. The monoisotopic (exact) mass is 508 g/mol. The molecular weight excluding hydrogens is 472 g/mol. The molecule has 1 saturated heterocycles. The van der Waals surface area contributed by atoms with Crippen LogP contribution in [0.25, 0.3) is 10.8 Å². The molecule has 1 heterocycles. The fourth-order valence-electron chi connectivity index (χ4n) is 5.81. The molecule has 4 aromatic carbocycles. The first-order chi connectivity index (χ1) is 18.3. The van der Waals surface area contributed by atoms with Crippen molar-refractivity contribution in [3.8, 4) is 11.5 Å². The molecule has 0 aliphatic carbocycles. The van der Waals surface area contributed by atoms with Crippen molar-refractivity contribution in [1.29, 1.82) is 0 Å². The largest absolute Gasteiger partial charge is 0.508 e. The Morgan fingerprint density at radius 1 is 0.895 bits per heavy atom. The van der Waals surface area contributed by atoms with E-state index in [4.69, 9.17) is 10.5 Å². The Labute approximate surface area is 224 Å². The lowest BCUT2D eigenvalue weighted by Crippen LogP contribution is -2.47. The second-order valence-electron chi connectivity index (χ2n) is 11.0. The number of hydrogen-bond donors (Lipinski definition) is 2. The first-order valence-electron chi connectivity index (χ1n) is 13.3. The molecule has 1 aliphatic heterocycles. The van der Waals surface area contributed by atoms with Crippen molar-refractivity contribution < 1.29 is 14.6 Å². The quantitative estimate of drug-likeness (QED) is 0.290. The number of primary amides is 1. The second-order valence-corrected chi connectivity index (χ2v) is 11.0. The van der Waals surface area contributed by atoms with Gasteiger partial charge >= 0.3 is 0 Å². The van der Waals surface area contributed by atoms with Gasteiger partial charge in [0.1, 0.15) is 17.6 Å². The van der Waals surface area contributed by atoms with Crippen LogP contribution in [0.5, 0.6) is 11.5 Å². The highest BCUT2D eigenvalue weighted by atomic mass is 16.5. The normalized spacial score (nSPS) is 16.5. The summed E-state index contributed by atoms with van der Waals surface area (Å²) in [6, 6.07) is 31.2.